The Hall–Kier alpha value is -2.58. The van der Waals surface area contributed by atoms with Crippen LogP contribution in [0.4, 0.5) is 0 Å². The molecule has 1 aromatic rings. The molecular formula is C21H26N4O4. The van der Waals surface area contributed by atoms with Gasteiger partial charge in [-0.05, 0) is 30.4 Å². The number of hydrogen-bond acceptors (Lipinski definition) is 6. The van der Waals surface area contributed by atoms with Gasteiger partial charge in [0.15, 0.2) is 0 Å². The molecule has 3 heterocycles. The number of nitrogens with one attached hydrogen (secondary N) is 1. The maximum atomic E-state index is 13.2. The highest BCUT2D eigenvalue weighted by molar-refractivity contribution is 6.24. The third-order valence-electron chi connectivity index (χ3n) is 6.51. The molecule has 0 spiro atoms. The van der Waals surface area contributed by atoms with E-state index in [0.29, 0.717) is 23.6 Å². The largest absolute Gasteiger partial charge is 0.324 e. The number of likely N-dealkylation sites (tertiary alicyclic amines) is 1. The molecule has 3 N–H and O–H groups in total. The monoisotopic (exact) mass is 398 g/mol. The van der Waals surface area contributed by atoms with Gasteiger partial charge in [-0.15, -0.1) is 0 Å². The second kappa shape index (κ2) is 7.03. The average molecular weight is 398 g/mol. The lowest BCUT2D eigenvalue weighted by atomic mass is 9.87. The number of rotatable bonds is 4. The Balaban J connectivity index is 1.59. The molecular weight excluding hydrogens is 372 g/mol. The van der Waals surface area contributed by atoms with Crippen molar-refractivity contribution in [3.63, 3.8) is 0 Å². The van der Waals surface area contributed by atoms with Gasteiger partial charge >= 0.3 is 0 Å². The van der Waals surface area contributed by atoms with Crippen molar-refractivity contribution in [2.75, 3.05) is 13.1 Å². The number of nitrogens with zero attached hydrogens (tertiary/aromatic N) is 2. The van der Waals surface area contributed by atoms with Crippen LogP contribution in [0.5, 0.6) is 0 Å². The summed E-state index contributed by atoms with van der Waals surface area (Å²) < 4.78 is 0. The topological polar surface area (TPSA) is 113 Å². The van der Waals surface area contributed by atoms with E-state index < -0.39 is 23.8 Å². The van der Waals surface area contributed by atoms with Crippen LogP contribution in [0.15, 0.2) is 18.2 Å². The number of piperidine rings is 1. The lowest BCUT2D eigenvalue weighted by Gasteiger charge is -2.29. The van der Waals surface area contributed by atoms with E-state index in [2.05, 4.69) is 24.1 Å². The highest BCUT2D eigenvalue weighted by Crippen LogP contribution is 2.32. The van der Waals surface area contributed by atoms with E-state index in [4.69, 9.17) is 5.73 Å². The number of benzene rings is 1. The number of amides is 4. The first kappa shape index (κ1) is 19.7. The molecule has 2 atom stereocenters. The van der Waals surface area contributed by atoms with Crippen LogP contribution in [0.25, 0.3) is 0 Å². The molecule has 0 saturated carbocycles. The molecule has 8 nitrogen and oxygen atoms in total. The Bertz CT molecular complexity index is 912. The Morgan fingerprint density at radius 1 is 1.21 bits per heavy atom. The zero-order chi connectivity index (χ0) is 20.9. The highest BCUT2D eigenvalue weighted by Gasteiger charge is 2.46. The van der Waals surface area contributed by atoms with Gasteiger partial charge in [-0.25, -0.2) is 0 Å². The van der Waals surface area contributed by atoms with Gasteiger partial charge in [-0.1, -0.05) is 26.0 Å². The summed E-state index contributed by atoms with van der Waals surface area (Å²) in [6.45, 7) is 6.31. The molecule has 0 bridgehead atoms. The molecule has 2 unspecified atom stereocenters. The minimum absolute atomic E-state index is 0.109. The number of carbonyl (C=O) groups is 4. The third kappa shape index (κ3) is 3.26. The summed E-state index contributed by atoms with van der Waals surface area (Å²) in [5, 5.41) is 2.22. The number of nitrogens with two attached hydrogens (primary N) is 1. The van der Waals surface area contributed by atoms with Crippen molar-refractivity contribution < 1.29 is 19.2 Å². The number of imide groups is 2. The van der Waals surface area contributed by atoms with Crippen molar-refractivity contribution in [1.82, 2.24) is 15.1 Å². The van der Waals surface area contributed by atoms with Crippen molar-refractivity contribution in [1.29, 1.82) is 0 Å². The molecule has 8 heteroatoms. The zero-order valence-corrected chi connectivity index (χ0v) is 16.7. The molecule has 154 valence electrons. The van der Waals surface area contributed by atoms with Crippen molar-refractivity contribution in [2.45, 2.75) is 51.2 Å². The molecule has 4 amide bonds. The van der Waals surface area contributed by atoms with E-state index in [9.17, 15) is 19.2 Å². The summed E-state index contributed by atoms with van der Waals surface area (Å²) in [5.74, 6) is -1.56. The van der Waals surface area contributed by atoms with Crippen LogP contribution in [-0.4, -0.2) is 58.1 Å². The molecule has 3 aliphatic rings. The average Bonchev–Trinajstić information content (AvgIpc) is 3.16. The Kier molecular flexibility index (Phi) is 4.78. The molecule has 2 fully saturated rings. The van der Waals surface area contributed by atoms with E-state index >= 15 is 0 Å². The highest BCUT2D eigenvalue weighted by atomic mass is 16.2. The number of hydrogen-bond donors (Lipinski definition) is 2. The maximum absolute atomic E-state index is 13.2. The molecule has 29 heavy (non-hydrogen) atoms. The molecule has 4 rings (SSSR count). The van der Waals surface area contributed by atoms with Crippen LogP contribution in [-0.2, 0) is 16.1 Å². The first-order chi connectivity index (χ1) is 13.7. The normalized spacial score (nSPS) is 27.7. The molecule has 1 aromatic carbocycles. The van der Waals surface area contributed by atoms with Gasteiger partial charge in [0.2, 0.25) is 11.8 Å². The first-order valence-corrected chi connectivity index (χ1v) is 10.1. The molecule has 0 aromatic heterocycles. The third-order valence-corrected chi connectivity index (χ3v) is 6.51. The van der Waals surface area contributed by atoms with Gasteiger partial charge in [0.25, 0.3) is 11.8 Å². The van der Waals surface area contributed by atoms with Gasteiger partial charge in [-0.2, -0.15) is 0 Å². The minimum Gasteiger partial charge on any atom is -0.324 e. The molecule has 0 aliphatic carbocycles. The Labute approximate surface area is 169 Å². The fourth-order valence-corrected chi connectivity index (χ4v) is 4.50. The van der Waals surface area contributed by atoms with Crippen molar-refractivity contribution in [3.8, 4) is 0 Å². The lowest BCUT2D eigenvalue weighted by Crippen LogP contribution is -2.54. The predicted octanol–water partition coefficient (Wildman–Crippen LogP) is 0.647. The van der Waals surface area contributed by atoms with Crippen molar-refractivity contribution >= 4 is 23.6 Å². The van der Waals surface area contributed by atoms with Crippen LogP contribution < -0.4 is 11.1 Å². The van der Waals surface area contributed by atoms with Gasteiger partial charge < -0.3 is 5.73 Å². The summed E-state index contributed by atoms with van der Waals surface area (Å²) in [4.78, 5) is 53.0. The van der Waals surface area contributed by atoms with Crippen LogP contribution in [0, 0.1) is 5.92 Å². The van der Waals surface area contributed by atoms with E-state index in [1.165, 1.54) is 0 Å². The van der Waals surface area contributed by atoms with Crippen LogP contribution in [0.2, 0.25) is 0 Å². The Morgan fingerprint density at radius 2 is 1.97 bits per heavy atom. The van der Waals surface area contributed by atoms with Gasteiger partial charge in [-0.3, -0.25) is 34.3 Å². The van der Waals surface area contributed by atoms with Gasteiger partial charge in [0.05, 0.1) is 11.1 Å². The first-order valence-electron chi connectivity index (χ1n) is 10.1. The zero-order valence-electron chi connectivity index (χ0n) is 16.7. The van der Waals surface area contributed by atoms with Crippen molar-refractivity contribution in [3.05, 3.63) is 34.9 Å². The number of fused-ring (bicyclic) bond motifs is 1. The number of carbonyl (C=O) groups excluding carboxylic acids is 4. The second-order valence-corrected chi connectivity index (χ2v) is 8.64. The van der Waals surface area contributed by atoms with E-state index in [0.717, 1.165) is 30.0 Å². The van der Waals surface area contributed by atoms with Gasteiger partial charge in [0.1, 0.15) is 6.04 Å². The fraction of sp³-hybridized carbons (Fsp3) is 0.524. The van der Waals surface area contributed by atoms with Gasteiger partial charge in [0, 0.05) is 31.6 Å². The SMILES string of the molecule is CC(C)C1(N)CCN(Cc2cccc3c2C(=O)N(C2CCC(=O)NC2=O)C3=O)C1. The minimum atomic E-state index is -0.947. The smallest absolute Gasteiger partial charge is 0.262 e. The van der Waals surface area contributed by atoms with E-state index in [1.807, 2.05) is 6.07 Å². The molecule has 0 radical (unpaired) electrons. The summed E-state index contributed by atoms with van der Waals surface area (Å²) in [6, 6.07) is 4.29. The van der Waals surface area contributed by atoms with E-state index in [1.54, 1.807) is 12.1 Å². The summed E-state index contributed by atoms with van der Waals surface area (Å²) in [6.07, 6.45) is 1.15. The Morgan fingerprint density at radius 3 is 2.62 bits per heavy atom. The fourth-order valence-electron chi connectivity index (χ4n) is 4.50. The quantitative estimate of drug-likeness (QED) is 0.720. The van der Waals surface area contributed by atoms with E-state index in [-0.39, 0.29) is 24.3 Å². The lowest BCUT2D eigenvalue weighted by molar-refractivity contribution is -0.136. The maximum Gasteiger partial charge on any atom is 0.262 e. The van der Waals surface area contributed by atoms with Crippen LogP contribution in [0.1, 0.15) is 59.4 Å². The van der Waals surface area contributed by atoms with Crippen molar-refractivity contribution in [2.24, 2.45) is 11.7 Å². The summed E-state index contributed by atoms with van der Waals surface area (Å²) >= 11 is 0. The van der Waals surface area contributed by atoms with Crippen LogP contribution >= 0.6 is 0 Å². The predicted molar refractivity (Wildman–Crippen MR) is 105 cm³/mol. The second-order valence-electron chi connectivity index (χ2n) is 8.64. The standard InChI is InChI=1S/C21H26N4O4/c1-12(2)21(22)8-9-24(11-21)10-13-4-3-5-14-17(13)20(29)25(19(14)28)15-6-7-16(26)23-18(15)27/h3-5,12,15H,6-11,22H2,1-2H3,(H,23,26,27). The summed E-state index contributed by atoms with van der Waals surface area (Å²) in [5.41, 5.74) is 7.71. The van der Waals surface area contributed by atoms with Crippen LogP contribution in [0.3, 0.4) is 0 Å². The summed E-state index contributed by atoms with van der Waals surface area (Å²) in [7, 11) is 0. The molecule has 3 aliphatic heterocycles. The molecule has 2 saturated heterocycles.